The largest absolute Gasteiger partial charge is 0.496 e. The maximum atomic E-state index is 5.48. The molecule has 0 aliphatic heterocycles. The van der Waals surface area contributed by atoms with E-state index in [1.807, 2.05) is 26.1 Å². The van der Waals surface area contributed by atoms with Crippen molar-refractivity contribution < 1.29 is 14.2 Å². The molecule has 0 amide bonds. The highest BCUT2D eigenvalue weighted by Gasteiger charge is 2.18. The molecule has 0 aliphatic carbocycles. The fourth-order valence-corrected chi connectivity index (χ4v) is 2.17. The van der Waals surface area contributed by atoms with Crippen molar-refractivity contribution >= 4 is 0 Å². The van der Waals surface area contributed by atoms with Crippen molar-refractivity contribution in [2.24, 2.45) is 0 Å². The smallest absolute Gasteiger partial charge is 0.164 e. The molecule has 1 unspecified atom stereocenters. The van der Waals surface area contributed by atoms with E-state index in [2.05, 4.69) is 11.9 Å². The first kappa shape index (κ1) is 16.4. The minimum absolute atomic E-state index is 0.182. The molecular weight excluding hydrogens is 254 g/mol. The molecule has 1 aromatic rings. The Balaban J connectivity index is 3.15. The molecule has 0 saturated heterocycles. The summed E-state index contributed by atoms with van der Waals surface area (Å²) < 4.78 is 16.2. The number of rotatable bonds is 8. The molecule has 0 spiro atoms. The van der Waals surface area contributed by atoms with Crippen molar-refractivity contribution in [2.75, 3.05) is 28.4 Å². The van der Waals surface area contributed by atoms with Crippen LogP contribution in [0.1, 0.15) is 31.4 Å². The van der Waals surface area contributed by atoms with Crippen LogP contribution in [0.3, 0.4) is 0 Å². The number of nitrogens with one attached hydrogen (secondary N) is 1. The minimum Gasteiger partial charge on any atom is -0.496 e. The summed E-state index contributed by atoms with van der Waals surface area (Å²) >= 11 is 0. The second-order valence-electron chi connectivity index (χ2n) is 4.79. The molecule has 4 nitrogen and oxygen atoms in total. The first-order chi connectivity index (χ1) is 9.57. The third-order valence-electron chi connectivity index (χ3n) is 3.32. The van der Waals surface area contributed by atoms with Gasteiger partial charge in [-0.2, -0.15) is 0 Å². The van der Waals surface area contributed by atoms with E-state index in [-0.39, 0.29) is 6.04 Å². The van der Waals surface area contributed by atoms with E-state index < -0.39 is 0 Å². The van der Waals surface area contributed by atoms with Crippen molar-refractivity contribution in [3.63, 3.8) is 0 Å². The van der Waals surface area contributed by atoms with Crippen molar-refractivity contribution in [1.82, 2.24) is 5.32 Å². The molecule has 20 heavy (non-hydrogen) atoms. The fraction of sp³-hybridized carbons (Fsp3) is 0.500. The molecule has 0 bridgehead atoms. The Hall–Kier alpha value is -1.68. The van der Waals surface area contributed by atoms with Gasteiger partial charge in [0.1, 0.15) is 5.75 Å². The predicted molar refractivity (Wildman–Crippen MR) is 81.9 cm³/mol. The van der Waals surface area contributed by atoms with E-state index in [0.717, 1.165) is 24.2 Å². The maximum Gasteiger partial charge on any atom is 0.164 e. The van der Waals surface area contributed by atoms with Gasteiger partial charge in [-0.05, 0) is 32.9 Å². The van der Waals surface area contributed by atoms with Crippen LogP contribution in [0.4, 0.5) is 0 Å². The zero-order valence-electron chi connectivity index (χ0n) is 13.1. The van der Waals surface area contributed by atoms with E-state index in [0.29, 0.717) is 11.5 Å². The quantitative estimate of drug-likeness (QED) is 0.741. The Bertz CT molecular complexity index is 457. The summed E-state index contributed by atoms with van der Waals surface area (Å²) in [4.78, 5) is 0. The Morgan fingerprint density at radius 1 is 1.10 bits per heavy atom. The molecule has 0 saturated carbocycles. The van der Waals surface area contributed by atoms with Gasteiger partial charge < -0.3 is 19.5 Å². The third-order valence-corrected chi connectivity index (χ3v) is 3.32. The van der Waals surface area contributed by atoms with E-state index in [1.54, 1.807) is 21.3 Å². The van der Waals surface area contributed by atoms with Gasteiger partial charge in [0.05, 0.1) is 21.3 Å². The van der Waals surface area contributed by atoms with E-state index in [1.165, 1.54) is 5.57 Å². The van der Waals surface area contributed by atoms with Crippen molar-refractivity contribution in [3.05, 3.63) is 29.8 Å². The Morgan fingerprint density at radius 2 is 1.65 bits per heavy atom. The van der Waals surface area contributed by atoms with Crippen LogP contribution in [0, 0.1) is 0 Å². The van der Waals surface area contributed by atoms with Gasteiger partial charge >= 0.3 is 0 Å². The predicted octanol–water partition coefficient (Wildman–Crippen LogP) is 3.33. The lowest BCUT2D eigenvalue weighted by molar-refractivity contribution is 0.345. The summed E-state index contributed by atoms with van der Waals surface area (Å²) in [6.07, 6.45) is 1.92. The van der Waals surface area contributed by atoms with Crippen LogP contribution in [0.2, 0.25) is 0 Å². The maximum absolute atomic E-state index is 5.48. The van der Waals surface area contributed by atoms with Gasteiger partial charge in [-0.3, -0.25) is 0 Å². The van der Waals surface area contributed by atoms with Crippen molar-refractivity contribution in [1.29, 1.82) is 0 Å². The van der Waals surface area contributed by atoms with Crippen LogP contribution >= 0.6 is 0 Å². The Labute approximate surface area is 121 Å². The second-order valence-corrected chi connectivity index (χ2v) is 4.79. The van der Waals surface area contributed by atoms with Gasteiger partial charge in [-0.25, -0.2) is 0 Å². The van der Waals surface area contributed by atoms with Gasteiger partial charge in [-0.15, -0.1) is 6.58 Å². The first-order valence-corrected chi connectivity index (χ1v) is 6.68. The lowest BCUT2D eigenvalue weighted by Gasteiger charge is -2.21. The molecule has 4 heteroatoms. The first-order valence-electron chi connectivity index (χ1n) is 6.68. The molecule has 1 N–H and O–H groups in total. The summed E-state index contributed by atoms with van der Waals surface area (Å²) in [5, 5.41) is 3.32. The Morgan fingerprint density at radius 3 is 2.10 bits per heavy atom. The van der Waals surface area contributed by atoms with E-state index in [4.69, 9.17) is 14.2 Å². The van der Waals surface area contributed by atoms with E-state index >= 15 is 0 Å². The van der Waals surface area contributed by atoms with Gasteiger partial charge in [0, 0.05) is 17.7 Å². The average molecular weight is 279 g/mol. The van der Waals surface area contributed by atoms with E-state index in [9.17, 15) is 0 Å². The third kappa shape index (κ3) is 3.90. The molecule has 0 aromatic heterocycles. The molecule has 0 aliphatic rings. The lowest BCUT2D eigenvalue weighted by atomic mass is 9.98. The highest BCUT2D eigenvalue weighted by atomic mass is 16.5. The normalized spacial score (nSPS) is 11.8. The Kier molecular flexibility index (Phi) is 6.39. The van der Waals surface area contributed by atoms with Gasteiger partial charge in [-0.1, -0.05) is 5.57 Å². The van der Waals surface area contributed by atoms with Crippen LogP contribution in [-0.4, -0.2) is 28.4 Å². The molecule has 0 fully saturated rings. The number of methoxy groups -OCH3 is 3. The van der Waals surface area contributed by atoms with Crippen LogP contribution in [0.5, 0.6) is 17.2 Å². The zero-order chi connectivity index (χ0) is 15.1. The summed E-state index contributed by atoms with van der Waals surface area (Å²) in [5.41, 5.74) is 2.23. The van der Waals surface area contributed by atoms with Crippen LogP contribution < -0.4 is 19.5 Å². The molecule has 0 heterocycles. The second kappa shape index (κ2) is 7.80. The molecule has 1 rings (SSSR count). The molecule has 112 valence electrons. The fourth-order valence-electron chi connectivity index (χ4n) is 2.17. The van der Waals surface area contributed by atoms with Crippen LogP contribution in [0.15, 0.2) is 24.3 Å². The zero-order valence-corrected chi connectivity index (χ0v) is 13.1. The number of benzene rings is 1. The van der Waals surface area contributed by atoms with Gasteiger partial charge in [0.25, 0.3) is 0 Å². The number of hydrogen-bond acceptors (Lipinski definition) is 4. The van der Waals surface area contributed by atoms with Gasteiger partial charge in [0.2, 0.25) is 0 Å². The number of hydrogen-bond donors (Lipinski definition) is 1. The number of ether oxygens (including phenoxy) is 3. The summed E-state index contributed by atoms with van der Waals surface area (Å²) in [6, 6.07) is 4.01. The van der Waals surface area contributed by atoms with Crippen molar-refractivity contribution in [3.8, 4) is 17.2 Å². The summed E-state index contributed by atoms with van der Waals surface area (Å²) in [7, 11) is 6.86. The highest BCUT2D eigenvalue weighted by Crippen LogP contribution is 2.38. The monoisotopic (exact) mass is 279 g/mol. The molecule has 1 atom stereocenters. The van der Waals surface area contributed by atoms with Crippen LogP contribution in [0.25, 0.3) is 0 Å². The highest BCUT2D eigenvalue weighted by molar-refractivity contribution is 5.51. The molecule has 1 aromatic carbocycles. The van der Waals surface area contributed by atoms with Crippen LogP contribution in [-0.2, 0) is 0 Å². The molecular formula is C16H25NO3. The topological polar surface area (TPSA) is 39.7 Å². The minimum atomic E-state index is 0.182. The standard InChI is InChI=1S/C16H25NO3/c1-11(2)7-8-13(17-3)12-9-15(19-5)16(20-6)10-14(12)18-4/h9-10,13,17H,1,7-8H2,2-6H3. The summed E-state index contributed by atoms with van der Waals surface area (Å²) in [5.74, 6) is 2.17. The molecule has 0 radical (unpaired) electrons. The van der Waals surface area contributed by atoms with Gasteiger partial charge in [0.15, 0.2) is 11.5 Å². The lowest BCUT2D eigenvalue weighted by Crippen LogP contribution is -2.17. The summed E-state index contributed by atoms with van der Waals surface area (Å²) in [6.45, 7) is 6.00. The average Bonchev–Trinajstić information content (AvgIpc) is 2.46. The SMILES string of the molecule is C=C(C)CCC(NC)c1cc(OC)c(OC)cc1OC. The number of allylic oxidation sites excluding steroid dienone is 1. The van der Waals surface area contributed by atoms with Crippen molar-refractivity contribution in [2.45, 2.75) is 25.8 Å².